The van der Waals surface area contributed by atoms with E-state index in [1.165, 1.54) is 21.9 Å². The Morgan fingerprint density at radius 3 is 2.37 bits per heavy atom. The molecule has 19 heavy (non-hydrogen) atoms. The first-order valence-electron chi connectivity index (χ1n) is 5.62. The van der Waals surface area contributed by atoms with E-state index >= 15 is 0 Å². The van der Waals surface area contributed by atoms with E-state index in [1.54, 1.807) is 0 Å². The van der Waals surface area contributed by atoms with E-state index in [0.717, 1.165) is 6.42 Å². The molecule has 100 valence electrons. The zero-order chi connectivity index (χ0) is 11.4. The minimum absolute atomic E-state index is 0. The Morgan fingerprint density at radius 2 is 1.89 bits per heavy atom. The molecule has 2 aromatic rings. The van der Waals surface area contributed by atoms with Crippen LogP contribution in [-0.2, 0) is 26.2 Å². The SMILES string of the molecule is Cc1cccc2cc[c-](C)c12.Cl.Cl.[C-]1=CC=CC1.[Zr+2]. The van der Waals surface area contributed by atoms with Crippen LogP contribution in [0.15, 0.2) is 48.6 Å². The van der Waals surface area contributed by atoms with Gasteiger partial charge in [-0.3, -0.25) is 6.08 Å². The molecule has 0 N–H and O–H groups in total. The van der Waals surface area contributed by atoms with Gasteiger partial charge in [-0.25, -0.2) is 12.2 Å². The van der Waals surface area contributed by atoms with Crippen molar-refractivity contribution in [2.24, 2.45) is 0 Å². The average Bonchev–Trinajstić information content (AvgIpc) is 2.92. The molecule has 0 aromatic heterocycles. The molecule has 2 aromatic carbocycles. The fourth-order valence-electron chi connectivity index (χ4n) is 2.01. The van der Waals surface area contributed by atoms with Gasteiger partial charge in [-0.05, 0) is 0 Å². The van der Waals surface area contributed by atoms with Gasteiger partial charge >= 0.3 is 26.2 Å². The van der Waals surface area contributed by atoms with Crippen molar-refractivity contribution in [3.63, 3.8) is 0 Å². The second kappa shape index (κ2) is 10.5. The Bertz CT molecular complexity index is 529. The quantitative estimate of drug-likeness (QED) is 0.549. The monoisotopic (exact) mass is 370 g/mol. The second-order valence-electron chi connectivity index (χ2n) is 4.06. The molecule has 0 fully saturated rings. The van der Waals surface area contributed by atoms with Crippen molar-refractivity contribution >= 4 is 35.6 Å². The molecular weight excluding hydrogens is 354 g/mol. The van der Waals surface area contributed by atoms with Crippen LogP contribution < -0.4 is 0 Å². The number of allylic oxidation sites excluding steroid dienone is 4. The van der Waals surface area contributed by atoms with Crippen LogP contribution in [-0.4, -0.2) is 0 Å². The third kappa shape index (κ3) is 5.73. The van der Waals surface area contributed by atoms with Crippen molar-refractivity contribution in [1.82, 2.24) is 0 Å². The molecule has 0 spiro atoms. The summed E-state index contributed by atoms with van der Waals surface area (Å²) in [5.41, 5.74) is 2.77. The van der Waals surface area contributed by atoms with E-state index in [4.69, 9.17) is 0 Å². The van der Waals surface area contributed by atoms with Crippen LogP contribution in [0.4, 0.5) is 0 Å². The molecule has 0 heterocycles. The van der Waals surface area contributed by atoms with Gasteiger partial charge in [-0.2, -0.15) is 18.2 Å². The van der Waals surface area contributed by atoms with Crippen molar-refractivity contribution < 1.29 is 26.2 Å². The van der Waals surface area contributed by atoms with Gasteiger partial charge in [0.05, 0.1) is 0 Å². The molecule has 0 aliphatic heterocycles. The van der Waals surface area contributed by atoms with Crippen LogP contribution in [0.3, 0.4) is 0 Å². The van der Waals surface area contributed by atoms with E-state index in [0.29, 0.717) is 0 Å². The molecule has 0 saturated carbocycles. The van der Waals surface area contributed by atoms with Gasteiger partial charge in [0.2, 0.25) is 0 Å². The van der Waals surface area contributed by atoms with Crippen molar-refractivity contribution in [3.8, 4) is 0 Å². The maximum atomic E-state index is 2.99. The summed E-state index contributed by atoms with van der Waals surface area (Å²) in [5, 5.41) is 2.79. The smallest absolute Gasteiger partial charge is 0.273 e. The molecule has 0 bridgehead atoms. The normalized spacial score (nSPS) is 10.8. The van der Waals surface area contributed by atoms with Crippen molar-refractivity contribution in [2.75, 3.05) is 0 Å². The summed E-state index contributed by atoms with van der Waals surface area (Å²) < 4.78 is 0. The average molecular weight is 372 g/mol. The Labute approximate surface area is 147 Å². The Hall–Kier alpha value is -0.227. The standard InChI is InChI=1S/C11H11.C5H5.2ClH.Zr/c1-8-4-3-5-10-7-6-9(2)11(8)10;1-2-4-5-3-1;;;/h3-7H,1-2H3;1-3H,4H2;2*1H;/q2*-1;;;+2. The van der Waals surface area contributed by atoms with Crippen LogP contribution in [0.1, 0.15) is 17.5 Å². The summed E-state index contributed by atoms with van der Waals surface area (Å²) in [7, 11) is 0. The third-order valence-corrected chi connectivity index (χ3v) is 2.80. The Kier molecular flexibility index (Phi) is 11.7. The first-order chi connectivity index (χ1) is 7.79. The summed E-state index contributed by atoms with van der Waals surface area (Å²) in [6, 6.07) is 10.8. The molecule has 0 radical (unpaired) electrons. The van der Waals surface area contributed by atoms with E-state index in [-0.39, 0.29) is 51.0 Å². The molecule has 3 heteroatoms. The Morgan fingerprint density at radius 1 is 1.16 bits per heavy atom. The second-order valence-corrected chi connectivity index (χ2v) is 4.06. The van der Waals surface area contributed by atoms with E-state index in [1.807, 2.05) is 12.2 Å². The van der Waals surface area contributed by atoms with Gasteiger partial charge in [-0.15, -0.1) is 65.3 Å². The minimum Gasteiger partial charge on any atom is -0.273 e. The zero-order valence-electron chi connectivity index (χ0n) is 11.1. The summed E-state index contributed by atoms with van der Waals surface area (Å²) >= 11 is 0. The maximum absolute atomic E-state index is 2.99. The summed E-state index contributed by atoms with van der Waals surface area (Å²) in [4.78, 5) is 0. The van der Waals surface area contributed by atoms with Crippen LogP contribution >= 0.6 is 24.8 Å². The van der Waals surface area contributed by atoms with E-state index in [2.05, 4.69) is 56.3 Å². The van der Waals surface area contributed by atoms with Crippen LogP contribution in [0.25, 0.3) is 10.8 Å². The van der Waals surface area contributed by atoms with E-state index in [9.17, 15) is 0 Å². The number of hydrogen-bond donors (Lipinski definition) is 0. The molecule has 1 aliphatic carbocycles. The summed E-state index contributed by atoms with van der Waals surface area (Å²) in [6.45, 7) is 4.32. The number of fused-ring (bicyclic) bond motifs is 1. The van der Waals surface area contributed by atoms with Crippen molar-refractivity contribution in [1.29, 1.82) is 0 Å². The number of aryl methyl sites for hydroxylation is 2. The van der Waals surface area contributed by atoms with Gasteiger partial charge in [0.1, 0.15) is 0 Å². The number of rotatable bonds is 0. The van der Waals surface area contributed by atoms with Gasteiger partial charge < -0.3 is 0 Å². The van der Waals surface area contributed by atoms with Crippen LogP contribution in [0, 0.1) is 19.9 Å². The molecule has 0 unspecified atom stereocenters. The first-order valence-corrected chi connectivity index (χ1v) is 5.62. The largest absolute Gasteiger partial charge is 2.00 e. The minimum atomic E-state index is 0. The Balaban J connectivity index is 0. The summed E-state index contributed by atoms with van der Waals surface area (Å²) in [5.74, 6) is 0. The van der Waals surface area contributed by atoms with Gasteiger partial charge in [0.15, 0.2) is 0 Å². The summed E-state index contributed by atoms with van der Waals surface area (Å²) in [6.07, 6.45) is 10.0. The molecular formula is C16H18Cl2Zr. The predicted molar refractivity (Wildman–Crippen MR) is 85.1 cm³/mol. The molecule has 1 aliphatic rings. The molecule has 0 amide bonds. The number of hydrogen-bond acceptors (Lipinski definition) is 0. The van der Waals surface area contributed by atoms with Gasteiger partial charge in [0.25, 0.3) is 0 Å². The fourth-order valence-corrected chi connectivity index (χ4v) is 2.01. The van der Waals surface area contributed by atoms with Gasteiger partial charge in [-0.1, -0.05) is 19.9 Å². The molecule has 0 saturated heterocycles. The molecule has 0 atom stereocenters. The molecule has 0 nitrogen and oxygen atoms in total. The molecule has 3 rings (SSSR count). The van der Waals surface area contributed by atoms with Crippen LogP contribution in [0.2, 0.25) is 0 Å². The van der Waals surface area contributed by atoms with Gasteiger partial charge in [0, 0.05) is 0 Å². The van der Waals surface area contributed by atoms with Crippen LogP contribution in [0.5, 0.6) is 0 Å². The fraction of sp³-hybridized carbons (Fsp3) is 0.188. The number of benzene rings is 1. The third-order valence-electron chi connectivity index (χ3n) is 2.80. The van der Waals surface area contributed by atoms with Crippen molar-refractivity contribution in [3.05, 3.63) is 65.8 Å². The number of halogens is 2. The zero-order valence-corrected chi connectivity index (χ0v) is 15.2. The topological polar surface area (TPSA) is 0 Å². The van der Waals surface area contributed by atoms with Crippen molar-refractivity contribution in [2.45, 2.75) is 20.3 Å². The maximum Gasteiger partial charge on any atom is 2.00 e. The first kappa shape index (κ1) is 21.1. The predicted octanol–water partition coefficient (Wildman–Crippen LogP) is 5.32. The van der Waals surface area contributed by atoms with E-state index < -0.39 is 0 Å².